The number of aryl methyl sites for hydroxylation is 3. The van der Waals surface area contributed by atoms with Crippen LogP contribution in [0.5, 0.6) is 5.75 Å². The number of likely N-dealkylation sites (tertiary alicyclic amines) is 1. The van der Waals surface area contributed by atoms with Crippen LogP contribution in [0.1, 0.15) is 64.7 Å². The number of carboxylic acid groups (broad SMARTS) is 1. The third-order valence-electron chi connectivity index (χ3n) is 9.25. The SMILES string of the molecule is Cc1ccc(OCc2c(C)cc(C(=O)N3CCCCC3)cc2C)c(-c2csc(N3C[C@H]4CC[C@@H](C3)C4C(=O)O)n2)c1. The Morgan fingerprint density at radius 2 is 1.68 bits per heavy atom. The number of carbonyl (C=O) groups excluding carboxylic acids is 1. The van der Waals surface area contributed by atoms with E-state index >= 15 is 0 Å². The van der Waals surface area contributed by atoms with Crippen molar-refractivity contribution in [2.45, 2.75) is 59.5 Å². The molecule has 1 aromatic heterocycles. The molecule has 6 rings (SSSR count). The number of benzene rings is 2. The second kappa shape index (κ2) is 11.5. The molecule has 1 amide bonds. The van der Waals surface area contributed by atoms with E-state index in [1.807, 2.05) is 23.1 Å². The molecule has 41 heavy (non-hydrogen) atoms. The molecule has 0 radical (unpaired) electrons. The van der Waals surface area contributed by atoms with Gasteiger partial charge in [-0.3, -0.25) is 9.59 Å². The summed E-state index contributed by atoms with van der Waals surface area (Å²) in [5.41, 5.74) is 6.97. The summed E-state index contributed by atoms with van der Waals surface area (Å²) in [6.07, 6.45) is 5.34. The zero-order valence-corrected chi connectivity index (χ0v) is 25.0. The Morgan fingerprint density at radius 1 is 1.00 bits per heavy atom. The second-order valence-corrected chi connectivity index (χ2v) is 12.9. The molecule has 1 unspecified atom stereocenters. The smallest absolute Gasteiger partial charge is 0.307 e. The highest BCUT2D eigenvalue weighted by atomic mass is 32.1. The van der Waals surface area contributed by atoms with Crippen LogP contribution in [0.2, 0.25) is 0 Å². The highest BCUT2D eigenvalue weighted by Crippen LogP contribution is 2.44. The topological polar surface area (TPSA) is 83.0 Å². The van der Waals surface area contributed by atoms with Crippen LogP contribution in [0, 0.1) is 38.5 Å². The predicted molar refractivity (Wildman–Crippen MR) is 162 cm³/mol. The largest absolute Gasteiger partial charge is 0.488 e. The molecule has 3 atom stereocenters. The van der Waals surface area contributed by atoms with Crippen LogP contribution in [0.4, 0.5) is 5.13 Å². The average Bonchev–Trinajstić information content (AvgIpc) is 3.56. The fourth-order valence-electron chi connectivity index (χ4n) is 7.06. The molecule has 2 aliphatic heterocycles. The summed E-state index contributed by atoms with van der Waals surface area (Å²) in [4.78, 5) is 34.1. The van der Waals surface area contributed by atoms with E-state index in [2.05, 4.69) is 43.2 Å². The summed E-state index contributed by atoms with van der Waals surface area (Å²) in [5, 5.41) is 12.7. The maximum atomic E-state index is 13.1. The zero-order valence-electron chi connectivity index (χ0n) is 24.2. The number of rotatable bonds is 7. The van der Waals surface area contributed by atoms with Crippen molar-refractivity contribution in [2.24, 2.45) is 17.8 Å². The van der Waals surface area contributed by atoms with Crippen molar-refractivity contribution in [3.63, 3.8) is 0 Å². The molecular weight excluding hydrogens is 534 g/mol. The molecule has 2 bridgehead atoms. The lowest BCUT2D eigenvalue weighted by Crippen LogP contribution is -2.44. The minimum atomic E-state index is -0.646. The lowest BCUT2D eigenvalue weighted by molar-refractivity contribution is -0.144. The molecule has 8 heteroatoms. The second-order valence-electron chi connectivity index (χ2n) is 12.1. The Kier molecular flexibility index (Phi) is 7.77. The number of hydrogen-bond acceptors (Lipinski definition) is 6. The summed E-state index contributed by atoms with van der Waals surface area (Å²) >= 11 is 1.62. The van der Waals surface area contributed by atoms with E-state index < -0.39 is 5.97 Å². The maximum Gasteiger partial charge on any atom is 0.307 e. The van der Waals surface area contributed by atoms with Crippen LogP contribution < -0.4 is 9.64 Å². The van der Waals surface area contributed by atoms with Gasteiger partial charge in [0.2, 0.25) is 0 Å². The number of ether oxygens (including phenoxy) is 1. The molecule has 0 spiro atoms. The van der Waals surface area contributed by atoms with Crippen molar-refractivity contribution in [1.29, 1.82) is 0 Å². The van der Waals surface area contributed by atoms with Crippen molar-refractivity contribution >= 4 is 28.3 Å². The Bertz CT molecular complexity index is 1420. The summed E-state index contributed by atoms with van der Waals surface area (Å²) in [6.45, 7) is 9.80. The van der Waals surface area contributed by atoms with Crippen molar-refractivity contribution in [3.8, 4) is 17.0 Å². The number of thiazole rings is 1. The molecule has 3 heterocycles. The average molecular weight is 574 g/mol. The first-order valence-corrected chi connectivity index (χ1v) is 15.7. The van der Waals surface area contributed by atoms with Crippen LogP contribution in [0.25, 0.3) is 11.3 Å². The predicted octanol–water partition coefficient (Wildman–Crippen LogP) is 6.49. The molecule has 2 saturated heterocycles. The van der Waals surface area contributed by atoms with Crippen molar-refractivity contribution in [3.05, 3.63) is 63.5 Å². The van der Waals surface area contributed by atoms with E-state index in [-0.39, 0.29) is 23.7 Å². The van der Waals surface area contributed by atoms with Gasteiger partial charge in [-0.2, -0.15) is 0 Å². The minimum Gasteiger partial charge on any atom is -0.488 e. The summed E-state index contributed by atoms with van der Waals surface area (Å²) < 4.78 is 6.44. The number of carboxylic acids is 1. The number of carbonyl (C=O) groups is 2. The number of amides is 1. The standard InChI is InChI=1S/C33H39N3O4S/c1-20-7-10-29(40-18-27-21(2)14-25(15-22(27)3)31(37)35-11-5-4-6-12-35)26(13-20)28-19-41-33(34-28)36-16-23-8-9-24(17-36)30(23)32(38)39/h7,10,13-15,19,23-24,30H,4-6,8-9,11-12,16-18H2,1-3H3,(H,38,39)/t23-,24+,30?. The minimum absolute atomic E-state index is 0.128. The summed E-state index contributed by atoms with van der Waals surface area (Å²) in [7, 11) is 0. The van der Waals surface area contributed by atoms with E-state index in [1.165, 1.54) is 6.42 Å². The molecule has 1 N–H and O–H groups in total. The maximum absolute atomic E-state index is 13.1. The fourth-order valence-corrected chi connectivity index (χ4v) is 7.91. The van der Waals surface area contributed by atoms with Crippen LogP contribution in [0.3, 0.4) is 0 Å². The van der Waals surface area contributed by atoms with Gasteiger partial charge in [-0.1, -0.05) is 11.6 Å². The van der Waals surface area contributed by atoms with Gasteiger partial charge in [-0.15, -0.1) is 11.3 Å². The molecule has 7 nitrogen and oxygen atoms in total. The van der Waals surface area contributed by atoms with Gasteiger partial charge in [0.25, 0.3) is 5.91 Å². The number of fused-ring (bicyclic) bond motifs is 2. The Morgan fingerprint density at radius 3 is 2.34 bits per heavy atom. The third-order valence-corrected chi connectivity index (χ3v) is 10.2. The molecule has 1 saturated carbocycles. The monoisotopic (exact) mass is 573 g/mol. The van der Waals surface area contributed by atoms with Gasteiger partial charge in [0, 0.05) is 42.7 Å². The molecule has 216 valence electrons. The van der Waals surface area contributed by atoms with Gasteiger partial charge >= 0.3 is 5.97 Å². The Hall–Kier alpha value is -3.39. The highest BCUT2D eigenvalue weighted by molar-refractivity contribution is 7.14. The fraction of sp³-hybridized carbons (Fsp3) is 0.485. The number of aromatic nitrogens is 1. The third kappa shape index (κ3) is 5.59. The zero-order chi connectivity index (χ0) is 28.7. The molecule has 2 aromatic carbocycles. The van der Waals surface area contributed by atoms with E-state index in [9.17, 15) is 14.7 Å². The molecule has 3 aliphatic rings. The van der Waals surface area contributed by atoms with E-state index in [0.29, 0.717) is 6.61 Å². The van der Waals surface area contributed by atoms with Gasteiger partial charge in [0.05, 0.1) is 11.6 Å². The van der Waals surface area contributed by atoms with Crippen LogP contribution in [0.15, 0.2) is 35.7 Å². The lowest BCUT2D eigenvalue weighted by Gasteiger charge is -2.35. The van der Waals surface area contributed by atoms with Gasteiger partial charge < -0.3 is 19.6 Å². The van der Waals surface area contributed by atoms with Gasteiger partial charge in [0.1, 0.15) is 12.4 Å². The quantitative estimate of drug-likeness (QED) is 0.348. The van der Waals surface area contributed by atoms with E-state index in [4.69, 9.17) is 9.72 Å². The first-order chi connectivity index (χ1) is 19.8. The van der Waals surface area contributed by atoms with Gasteiger partial charge in [-0.25, -0.2) is 4.98 Å². The van der Waals surface area contributed by atoms with E-state index in [0.717, 1.165) is 102 Å². The van der Waals surface area contributed by atoms with Crippen LogP contribution >= 0.6 is 11.3 Å². The normalized spacial score (nSPS) is 22.2. The first kappa shape index (κ1) is 27.8. The number of aliphatic carboxylic acids is 1. The van der Waals surface area contributed by atoms with E-state index in [1.54, 1.807) is 11.3 Å². The number of anilines is 1. The number of hydrogen-bond donors (Lipinski definition) is 1. The lowest BCUT2D eigenvalue weighted by atomic mass is 9.85. The Labute approximate surface area is 246 Å². The number of nitrogens with zero attached hydrogens (tertiary/aromatic N) is 3. The molecule has 1 aliphatic carbocycles. The van der Waals surface area contributed by atoms with Crippen molar-refractivity contribution < 1.29 is 19.4 Å². The van der Waals surface area contributed by atoms with Crippen molar-refractivity contribution in [1.82, 2.24) is 9.88 Å². The van der Waals surface area contributed by atoms with Gasteiger partial charge in [-0.05, 0) is 106 Å². The summed E-state index contributed by atoms with van der Waals surface area (Å²) in [6, 6.07) is 10.2. The van der Waals surface area contributed by atoms with Crippen LogP contribution in [-0.2, 0) is 11.4 Å². The highest BCUT2D eigenvalue weighted by Gasteiger charge is 2.46. The molecule has 3 fully saturated rings. The van der Waals surface area contributed by atoms with Crippen LogP contribution in [-0.4, -0.2) is 53.0 Å². The molecular formula is C33H39N3O4S. The summed E-state index contributed by atoms with van der Waals surface area (Å²) in [5.74, 6) is 0.445. The Balaban J connectivity index is 1.18. The van der Waals surface area contributed by atoms with Crippen molar-refractivity contribution in [2.75, 3.05) is 31.1 Å². The molecule has 3 aromatic rings. The van der Waals surface area contributed by atoms with Gasteiger partial charge in [0.15, 0.2) is 5.13 Å². The number of piperidine rings is 2. The first-order valence-electron chi connectivity index (χ1n) is 14.8.